The molecule has 0 saturated carbocycles. The predicted octanol–water partition coefficient (Wildman–Crippen LogP) is 2.79. The van der Waals surface area contributed by atoms with Gasteiger partial charge in [-0.25, -0.2) is 0 Å². The zero-order chi connectivity index (χ0) is 16.0. The highest BCUT2D eigenvalue weighted by molar-refractivity contribution is 5.85. The highest BCUT2D eigenvalue weighted by atomic mass is 35.5. The number of halogens is 1. The number of rotatable bonds is 7. The molecule has 2 rings (SSSR count). The van der Waals surface area contributed by atoms with Gasteiger partial charge >= 0.3 is 0 Å². The fourth-order valence-corrected chi connectivity index (χ4v) is 2.20. The zero-order valence-electron chi connectivity index (χ0n) is 14.2. The van der Waals surface area contributed by atoms with E-state index in [9.17, 15) is 0 Å². The van der Waals surface area contributed by atoms with Gasteiger partial charge in [-0.1, -0.05) is 56.3 Å². The summed E-state index contributed by atoms with van der Waals surface area (Å²) in [7, 11) is 0. The van der Waals surface area contributed by atoms with Gasteiger partial charge in [-0.2, -0.15) is 4.98 Å². The van der Waals surface area contributed by atoms with E-state index in [1.165, 1.54) is 5.56 Å². The van der Waals surface area contributed by atoms with Crippen molar-refractivity contribution in [2.45, 2.75) is 39.2 Å². The summed E-state index contributed by atoms with van der Waals surface area (Å²) < 4.78 is 5.38. The molecule has 1 aromatic carbocycles. The highest BCUT2D eigenvalue weighted by Crippen LogP contribution is 2.18. The highest BCUT2D eigenvalue weighted by Gasteiger charge is 2.21. The minimum atomic E-state index is -0.0928. The average Bonchev–Trinajstić information content (AvgIpc) is 2.95. The molecule has 0 fully saturated rings. The molecule has 0 aliphatic heterocycles. The molecular formula is C17H27ClN4O. The van der Waals surface area contributed by atoms with Gasteiger partial charge in [0.1, 0.15) is 0 Å². The molecule has 0 amide bonds. The van der Waals surface area contributed by atoms with Crippen LogP contribution in [0, 0.1) is 0 Å². The Bertz CT molecular complexity index is 565. The number of nitrogens with two attached hydrogens (primary N) is 1. The van der Waals surface area contributed by atoms with Gasteiger partial charge in [-0.15, -0.1) is 12.4 Å². The second-order valence-corrected chi connectivity index (χ2v) is 6.56. The van der Waals surface area contributed by atoms with Crippen LogP contribution in [0.1, 0.15) is 38.0 Å². The average molecular weight is 339 g/mol. The first-order valence-electron chi connectivity index (χ1n) is 7.78. The molecule has 0 saturated heterocycles. The molecule has 23 heavy (non-hydrogen) atoms. The van der Waals surface area contributed by atoms with Crippen molar-refractivity contribution in [3.05, 3.63) is 47.6 Å². The van der Waals surface area contributed by atoms with E-state index in [2.05, 4.69) is 60.1 Å². The fraction of sp³-hybridized carbons (Fsp3) is 0.529. The lowest BCUT2D eigenvalue weighted by molar-refractivity contribution is 0.233. The maximum absolute atomic E-state index is 5.72. The third-order valence-electron chi connectivity index (χ3n) is 3.50. The molecule has 2 aromatic rings. The van der Waals surface area contributed by atoms with E-state index >= 15 is 0 Å². The van der Waals surface area contributed by atoms with Gasteiger partial charge in [0, 0.05) is 25.0 Å². The van der Waals surface area contributed by atoms with Crippen molar-refractivity contribution < 1.29 is 4.52 Å². The molecule has 1 heterocycles. The summed E-state index contributed by atoms with van der Waals surface area (Å²) in [6.45, 7) is 9.24. The van der Waals surface area contributed by atoms with Crippen molar-refractivity contribution in [2.75, 3.05) is 19.6 Å². The van der Waals surface area contributed by atoms with Gasteiger partial charge in [0.05, 0.1) is 6.54 Å². The third kappa shape index (κ3) is 6.29. The van der Waals surface area contributed by atoms with Crippen LogP contribution in [-0.4, -0.2) is 34.7 Å². The molecule has 0 bridgehead atoms. The number of nitrogens with zero attached hydrogens (tertiary/aromatic N) is 3. The Balaban J connectivity index is 0.00000264. The molecule has 1 aromatic heterocycles. The Hall–Kier alpha value is -1.43. The largest absolute Gasteiger partial charge is 0.338 e. The topological polar surface area (TPSA) is 68.2 Å². The van der Waals surface area contributed by atoms with Crippen LogP contribution >= 0.6 is 12.4 Å². The number of hydrogen-bond donors (Lipinski definition) is 1. The number of hydrogen-bond acceptors (Lipinski definition) is 5. The van der Waals surface area contributed by atoms with Gasteiger partial charge < -0.3 is 10.3 Å². The van der Waals surface area contributed by atoms with E-state index in [0.717, 1.165) is 25.3 Å². The molecule has 0 aliphatic rings. The standard InChI is InChI=1S/C17H26N4O.ClH/c1-17(2,3)16-19-15(22-20-16)13-21(12-10-18)11-9-14-7-5-4-6-8-14;/h4-8H,9-13,18H2,1-3H3;1H. The molecular weight excluding hydrogens is 312 g/mol. The molecule has 128 valence electrons. The summed E-state index contributed by atoms with van der Waals surface area (Å²) in [6.07, 6.45) is 0.987. The van der Waals surface area contributed by atoms with Gasteiger partial charge in [-0.05, 0) is 12.0 Å². The molecule has 0 aliphatic carbocycles. The smallest absolute Gasteiger partial charge is 0.240 e. The maximum atomic E-state index is 5.72. The maximum Gasteiger partial charge on any atom is 0.240 e. The van der Waals surface area contributed by atoms with Crippen molar-refractivity contribution in [1.82, 2.24) is 15.0 Å². The van der Waals surface area contributed by atoms with Gasteiger partial charge in [0.15, 0.2) is 5.82 Å². The van der Waals surface area contributed by atoms with Crippen molar-refractivity contribution in [2.24, 2.45) is 5.73 Å². The van der Waals surface area contributed by atoms with Crippen LogP contribution in [-0.2, 0) is 18.4 Å². The minimum absolute atomic E-state index is 0. The van der Waals surface area contributed by atoms with Crippen LogP contribution in [0.2, 0.25) is 0 Å². The van der Waals surface area contributed by atoms with Crippen molar-refractivity contribution in [3.63, 3.8) is 0 Å². The van der Waals surface area contributed by atoms with Crippen LogP contribution in [0.4, 0.5) is 0 Å². The van der Waals surface area contributed by atoms with E-state index in [1.54, 1.807) is 0 Å². The summed E-state index contributed by atoms with van der Waals surface area (Å²) in [5.41, 5.74) is 6.95. The lowest BCUT2D eigenvalue weighted by atomic mass is 9.96. The van der Waals surface area contributed by atoms with Gasteiger partial charge in [-0.3, -0.25) is 4.90 Å². The quantitative estimate of drug-likeness (QED) is 0.840. The number of benzene rings is 1. The van der Waals surface area contributed by atoms with Gasteiger partial charge in [0.2, 0.25) is 5.89 Å². The lowest BCUT2D eigenvalue weighted by Gasteiger charge is -2.19. The third-order valence-corrected chi connectivity index (χ3v) is 3.50. The summed E-state index contributed by atoms with van der Waals surface area (Å²) in [4.78, 5) is 6.76. The Morgan fingerprint density at radius 2 is 1.83 bits per heavy atom. The van der Waals surface area contributed by atoms with E-state index in [-0.39, 0.29) is 17.8 Å². The number of aromatic nitrogens is 2. The second-order valence-electron chi connectivity index (χ2n) is 6.56. The first-order chi connectivity index (χ1) is 10.5. The molecule has 0 unspecified atom stereocenters. The molecule has 0 atom stereocenters. The molecule has 0 spiro atoms. The van der Waals surface area contributed by atoms with E-state index in [0.29, 0.717) is 19.0 Å². The normalized spacial score (nSPS) is 11.5. The monoisotopic (exact) mass is 338 g/mol. The lowest BCUT2D eigenvalue weighted by Crippen LogP contribution is -2.31. The van der Waals surface area contributed by atoms with Crippen LogP contribution in [0.25, 0.3) is 0 Å². The molecule has 5 nitrogen and oxygen atoms in total. The Labute approximate surface area is 144 Å². The SMILES string of the molecule is CC(C)(C)c1noc(CN(CCN)CCc2ccccc2)n1.Cl. The van der Waals surface area contributed by atoms with Crippen LogP contribution in [0.15, 0.2) is 34.9 Å². The molecule has 0 radical (unpaired) electrons. The van der Waals surface area contributed by atoms with E-state index < -0.39 is 0 Å². The summed E-state index contributed by atoms with van der Waals surface area (Å²) in [5.74, 6) is 1.41. The van der Waals surface area contributed by atoms with E-state index in [1.807, 2.05) is 6.07 Å². The van der Waals surface area contributed by atoms with E-state index in [4.69, 9.17) is 10.3 Å². The first-order valence-corrected chi connectivity index (χ1v) is 7.78. The Kier molecular flexibility index (Phi) is 7.68. The summed E-state index contributed by atoms with van der Waals surface area (Å²) >= 11 is 0. The molecule has 2 N–H and O–H groups in total. The first kappa shape index (κ1) is 19.6. The van der Waals surface area contributed by atoms with Crippen molar-refractivity contribution in [3.8, 4) is 0 Å². The van der Waals surface area contributed by atoms with Crippen LogP contribution < -0.4 is 5.73 Å². The second kappa shape index (κ2) is 9.01. The Morgan fingerprint density at radius 3 is 2.39 bits per heavy atom. The fourth-order valence-electron chi connectivity index (χ4n) is 2.20. The summed E-state index contributed by atoms with van der Waals surface area (Å²) in [5, 5.41) is 4.07. The summed E-state index contributed by atoms with van der Waals surface area (Å²) in [6, 6.07) is 10.5. The minimum Gasteiger partial charge on any atom is -0.338 e. The van der Waals surface area contributed by atoms with Crippen LogP contribution in [0.5, 0.6) is 0 Å². The molecule has 6 heteroatoms. The Morgan fingerprint density at radius 1 is 1.13 bits per heavy atom. The van der Waals surface area contributed by atoms with Crippen molar-refractivity contribution >= 4 is 12.4 Å². The van der Waals surface area contributed by atoms with Gasteiger partial charge in [0.25, 0.3) is 0 Å². The predicted molar refractivity (Wildman–Crippen MR) is 94.7 cm³/mol. The van der Waals surface area contributed by atoms with Crippen molar-refractivity contribution in [1.29, 1.82) is 0 Å². The zero-order valence-corrected chi connectivity index (χ0v) is 15.0. The van der Waals surface area contributed by atoms with Crippen LogP contribution in [0.3, 0.4) is 0 Å².